The highest BCUT2D eigenvalue weighted by molar-refractivity contribution is 7.92. The van der Waals surface area contributed by atoms with Crippen molar-refractivity contribution in [2.45, 2.75) is 25.2 Å². The lowest BCUT2D eigenvalue weighted by molar-refractivity contribution is 0.475. The van der Waals surface area contributed by atoms with Crippen LogP contribution in [-0.4, -0.2) is 38.7 Å². The summed E-state index contributed by atoms with van der Waals surface area (Å²) in [4.78, 5) is 4.49. The Morgan fingerprint density at radius 2 is 2.24 bits per heavy atom. The van der Waals surface area contributed by atoms with Gasteiger partial charge in [0.15, 0.2) is 0 Å². The summed E-state index contributed by atoms with van der Waals surface area (Å²) in [5.41, 5.74) is 2.25. The first-order valence-corrected chi connectivity index (χ1v) is 8.95. The molecule has 0 aromatic heterocycles. The minimum atomic E-state index is -3.43. The Bertz CT molecular complexity index is 698. The summed E-state index contributed by atoms with van der Waals surface area (Å²) < 4.78 is 25.5. The smallest absolute Gasteiger partial charge is 0.229 e. The zero-order valence-electron chi connectivity index (χ0n) is 11.9. The summed E-state index contributed by atoms with van der Waals surface area (Å²) in [5.74, 6) is 1.12. The van der Waals surface area contributed by atoms with Gasteiger partial charge in [-0.25, -0.2) is 8.42 Å². The molecule has 1 aromatic rings. The third-order valence-electron chi connectivity index (χ3n) is 3.94. The maximum absolute atomic E-state index is 11.5. The Balaban J connectivity index is 2.06. The van der Waals surface area contributed by atoms with E-state index in [1.807, 2.05) is 6.07 Å². The van der Waals surface area contributed by atoms with E-state index in [1.54, 1.807) is 6.07 Å². The second kappa shape index (κ2) is 5.22. The molecule has 0 spiro atoms. The number of benzene rings is 1. The average Bonchev–Trinajstić information content (AvgIpc) is 2.94. The second-order valence-electron chi connectivity index (χ2n) is 5.54. The number of rotatable bonds is 3. The molecule has 1 aliphatic carbocycles. The number of hydrogen-bond acceptors (Lipinski definition) is 5. The number of aromatic hydroxyl groups is 1. The Hall–Kier alpha value is -1.76. The third-order valence-corrected chi connectivity index (χ3v) is 4.51. The fraction of sp³-hybridized carbons (Fsp3) is 0.500. The van der Waals surface area contributed by atoms with Gasteiger partial charge in [0.05, 0.1) is 18.5 Å². The summed E-state index contributed by atoms with van der Waals surface area (Å²) in [7, 11) is -3.43. The molecule has 0 unspecified atom stereocenters. The minimum absolute atomic E-state index is 0.0267. The van der Waals surface area contributed by atoms with Crippen LogP contribution in [0.25, 0.3) is 0 Å². The van der Waals surface area contributed by atoms with Crippen LogP contribution in [0.3, 0.4) is 0 Å². The molecule has 0 amide bonds. The van der Waals surface area contributed by atoms with E-state index in [0.29, 0.717) is 5.69 Å². The van der Waals surface area contributed by atoms with E-state index < -0.39 is 10.0 Å². The number of sulfonamides is 1. The van der Waals surface area contributed by atoms with E-state index in [4.69, 9.17) is 0 Å². The van der Waals surface area contributed by atoms with Crippen molar-refractivity contribution in [1.29, 1.82) is 0 Å². The number of hydrogen-bond donors (Lipinski definition) is 3. The van der Waals surface area contributed by atoms with Crippen molar-refractivity contribution >= 4 is 21.5 Å². The van der Waals surface area contributed by atoms with E-state index in [0.717, 1.165) is 55.6 Å². The lowest BCUT2D eigenvalue weighted by atomic mass is 9.81. The molecule has 0 radical (unpaired) electrons. The fourth-order valence-corrected chi connectivity index (χ4v) is 3.72. The van der Waals surface area contributed by atoms with Gasteiger partial charge in [-0.1, -0.05) is 6.07 Å². The van der Waals surface area contributed by atoms with E-state index in [2.05, 4.69) is 15.0 Å². The number of anilines is 1. The number of nitrogens with one attached hydrogen (secondary N) is 2. The molecule has 1 aliphatic heterocycles. The number of phenolic OH excluding ortho intramolecular Hbond substituents is 1. The van der Waals surface area contributed by atoms with Crippen molar-refractivity contribution in [3.63, 3.8) is 0 Å². The van der Waals surface area contributed by atoms with Gasteiger partial charge in [0, 0.05) is 12.5 Å². The summed E-state index contributed by atoms with van der Waals surface area (Å²) >= 11 is 0. The van der Waals surface area contributed by atoms with Gasteiger partial charge < -0.3 is 10.4 Å². The van der Waals surface area contributed by atoms with Crippen LogP contribution in [0, 0.1) is 0 Å². The Kier molecular flexibility index (Phi) is 3.52. The summed E-state index contributed by atoms with van der Waals surface area (Å²) in [5, 5.41) is 13.3. The predicted molar refractivity (Wildman–Crippen MR) is 82.6 cm³/mol. The van der Waals surface area contributed by atoms with Crippen LogP contribution in [0.15, 0.2) is 17.1 Å². The largest absolute Gasteiger partial charge is 0.506 e. The van der Waals surface area contributed by atoms with E-state index in [-0.39, 0.29) is 11.7 Å². The predicted octanol–water partition coefficient (Wildman–Crippen LogP) is 1.19. The lowest BCUT2D eigenvalue weighted by Gasteiger charge is -2.28. The number of fused-ring (bicyclic) bond motifs is 1. The monoisotopic (exact) mass is 309 g/mol. The van der Waals surface area contributed by atoms with Crippen LogP contribution >= 0.6 is 0 Å². The summed E-state index contributed by atoms with van der Waals surface area (Å²) in [6.45, 7) is 1.64. The van der Waals surface area contributed by atoms with Gasteiger partial charge in [-0.3, -0.25) is 9.71 Å². The van der Waals surface area contributed by atoms with Crippen LogP contribution < -0.4 is 10.0 Å². The van der Waals surface area contributed by atoms with Crippen molar-refractivity contribution in [1.82, 2.24) is 5.32 Å². The van der Waals surface area contributed by atoms with Crippen molar-refractivity contribution in [2.24, 2.45) is 4.99 Å². The summed E-state index contributed by atoms with van der Waals surface area (Å²) in [6.07, 6.45) is 3.78. The second-order valence-corrected chi connectivity index (χ2v) is 7.29. The number of amidine groups is 1. The maximum atomic E-state index is 11.5. The molecule has 0 bridgehead atoms. The van der Waals surface area contributed by atoms with E-state index in [9.17, 15) is 13.5 Å². The quantitative estimate of drug-likeness (QED) is 0.731. The van der Waals surface area contributed by atoms with Gasteiger partial charge >= 0.3 is 0 Å². The number of aliphatic imine (C=N–C) groups is 1. The first-order chi connectivity index (χ1) is 9.96. The Labute approximate surface area is 124 Å². The van der Waals surface area contributed by atoms with Gasteiger partial charge in [0.25, 0.3) is 0 Å². The van der Waals surface area contributed by atoms with Gasteiger partial charge in [-0.2, -0.15) is 0 Å². The Morgan fingerprint density at radius 1 is 1.43 bits per heavy atom. The fourth-order valence-electron chi connectivity index (χ4n) is 3.12. The molecule has 114 valence electrons. The van der Waals surface area contributed by atoms with Crippen LogP contribution in [0.5, 0.6) is 5.75 Å². The van der Waals surface area contributed by atoms with Gasteiger partial charge in [0.1, 0.15) is 11.6 Å². The SMILES string of the molecule is CS(=O)(=O)Nc1c(O)ccc2c1CCC[C@@H]2C1=NCCN1. The molecule has 7 heteroatoms. The molecular weight excluding hydrogens is 290 g/mol. The lowest BCUT2D eigenvalue weighted by Crippen LogP contribution is -2.28. The van der Waals surface area contributed by atoms with Crippen molar-refractivity contribution < 1.29 is 13.5 Å². The van der Waals surface area contributed by atoms with Crippen LogP contribution in [0.1, 0.15) is 29.9 Å². The average molecular weight is 309 g/mol. The molecule has 0 saturated carbocycles. The first-order valence-electron chi connectivity index (χ1n) is 7.06. The Morgan fingerprint density at radius 3 is 2.90 bits per heavy atom. The number of nitrogens with zero attached hydrogens (tertiary/aromatic N) is 1. The van der Waals surface area contributed by atoms with Crippen molar-refractivity contribution in [3.05, 3.63) is 23.3 Å². The molecule has 3 rings (SSSR count). The van der Waals surface area contributed by atoms with Gasteiger partial charge in [0.2, 0.25) is 10.0 Å². The molecule has 0 fully saturated rings. The van der Waals surface area contributed by atoms with Gasteiger partial charge in [-0.05, 0) is 36.5 Å². The molecule has 2 aliphatic rings. The standard InChI is InChI=1S/C14H19N3O3S/c1-21(19,20)17-13-10-3-2-4-11(14-15-7-8-16-14)9(10)5-6-12(13)18/h5-6,11,17-18H,2-4,7-8H2,1H3,(H,15,16)/t11-/m0/s1. The van der Waals surface area contributed by atoms with E-state index >= 15 is 0 Å². The maximum Gasteiger partial charge on any atom is 0.229 e. The first kappa shape index (κ1) is 14.2. The third kappa shape index (κ3) is 2.83. The molecule has 0 saturated heterocycles. The number of phenols is 1. The van der Waals surface area contributed by atoms with Crippen LogP contribution in [0.4, 0.5) is 5.69 Å². The molecular formula is C14H19N3O3S. The minimum Gasteiger partial charge on any atom is -0.506 e. The zero-order chi connectivity index (χ0) is 15.0. The highest BCUT2D eigenvalue weighted by Crippen LogP contribution is 2.40. The molecule has 1 atom stereocenters. The molecule has 3 N–H and O–H groups in total. The van der Waals surface area contributed by atoms with Crippen LogP contribution in [0.2, 0.25) is 0 Å². The molecule has 6 nitrogen and oxygen atoms in total. The topological polar surface area (TPSA) is 90.8 Å². The molecule has 1 heterocycles. The highest BCUT2D eigenvalue weighted by atomic mass is 32.2. The van der Waals surface area contributed by atoms with E-state index in [1.165, 1.54) is 0 Å². The molecule has 1 aromatic carbocycles. The normalized spacial score (nSPS) is 21.4. The zero-order valence-corrected chi connectivity index (χ0v) is 12.7. The molecule has 21 heavy (non-hydrogen) atoms. The van der Waals surface area contributed by atoms with Crippen LogP contribution in [-0.2, 0) is 16.4 Å². The summed E-state index contributed by atoms with van der Waals surface area (Å²) in [6, 6.07) is 3.44. The van der Waals surface area contributed by atoms with Crippen molar-refractivity contribution in [3.8, 4) is 5.75 Å². The highest BCUT2D eigenvalue weighted by Gasteiger charge is 2.29. The van der Waals surface area contributed by atoms with Gasteiger partial charge in [-0.15, -0.1) is 0 Å². The van der Waals surface area contributed by atoms with Crippen molar-refractivity contribution in [2.75, 3.05) is 24.1 Å².